The third-order valence-electron chi connectivity index (χ3n) is 4.24. The van der Waals surface area contributed by atoms with Crippen molar-refractivity contribution in [2.45, 2.75) is 6.92 Å². The summed E-state index contributed by atoms with van der Waals surface area (Å²) in [5, 5.41) is 4.53. The predicted octanol–water partition coefficient (Wildman–Crippen LogP) is 5.28. The first-order valence-electron chi connectivity index (χ1n) is 8.63. The number of carbonyl (C=O) groups is 1. The van der Waals surface area contributed by atoms with Crippen LogP contribution in [-0.4, -0.2) is 21.0 Å². The number of benzene rings is 2. The average Bonchev–Trinajstić information content (AvgIpc) is 3.15. The number of para-hydroxylation sites is 1. The first-order valence-corrected chi connectivity index (χ1v) is 9.01. The Morgan fingerprint density at radius 3 is 2.52 bits per heavy atom. The van der Waals surface area contributed by atoms with E-state index in [0.29, 0.717) is 33.2 Å². The molecule has 8 heteroatoms. The van der Waals surface area contributed by atoms with Crippen molar-refractivity contribution in [3.8, 4) is 22.5 Å². The van der Waals surface area contributed by atoms with Crippen LogP contribution in [0.5, 0.6) is 0 Å². The Labute approximate surface area is 170 Å². The van der Waals surface area contributed by atoms with E-state index in [1.807, 2.05) is 0 Å². The van der Waals surface area contributed by atoms with Crippen molar-refractivity contribution in [2.24, 2.45) is 0 Å². The number of halogens is 2. The highest BCUT2D eigenvalue weighted by atomic mass is 35.5. The van der Waals surface area contributed by atoms with Crippen LogP contribution >= 0.6 is 11.6 Å². The van der Waals surface area contributed by atoms with Gasteiger partial charge in [0.2, 0.25) is 11.8 Å². The molecule has 4 rings (SSSR count). The van der Waals surface area contributed by atoms with Crippen LogP contribution in [0.4, 0.5) is 16.0 Å². The largest absolute Gasteiger partial charge is 0.336 e. The lowest BCUT2D eigenvalue weighted by Crippen LogP contribution is -2.23. The van der Waals surface area contributed by atoms with Crippen LogP contribution in [0.1, 0.15) is 6.92 Å². The maximum atomic E-state index is 13.4. The van der Waals surface area contributed by atoms with Crippen molar-refractivity contribution >= 4 is 29.1 Å². The zero-order valence-corrected chi connectivity index (χ0v) is 16.0. The number of amides is 1. The summed E-state index contributed by atoms with van der Waals surface area (Å²) in [5.41, 5.74) is 2.43. The van der Waals surface area contributed by atoms with Crippen molar-refractivity contribution in [3.05, 3.63) is 78.0 Å². The Balaban J connectivity index is 1.97. The van der Waals surface area contributed by atoms with Gasteiger partial charge >= 0.3 is 0 Å². The van der Waals surface area contributed by atoms with Gasteiger partial charge in [-0.15, -0.1) is 0 Å². The highest BCUT2D eigenvalue weighted by molar-refractivity contribution is 6.34. The molecule has 0 saturated carbocycles. The Kier molecular flexibility index (Phi) is 5.05. The van der Waals surface area contributed by atoms with E-state index in [1.165, 1.54) is 30.3 Å². The van der Waals surface area contributed by atoms with Crippen LogP contribution in [-0.2, 0) is 4.79 Å². The number of rotatable bonds is 4. The predicted molar refractivity (Wildman–Crippen MR) is 107 cm³/mol. The number of nitrogens with zero attached hydrogens (tertiary/aromatic N) is 4. The third-order valence-corrected chi connectivity index (χ3v) is 4.56. The van der Waals surface area contributed by atoms with Crippen LogP contribution in [0.2, 0.25) is 5.02 Å². The Morgan fingerprint density at radius 1 is 1.10 bits per heavy atom. The minimum atomic E-state index is -0.373. The molecule has 6 nitrogen and oxygen atoms in total. The lowest BCUT2D eigenvalue weighted by atomic mass is 10.0. The van der Waals surface area contributed by atoms with Gasteiger partial charge in [0.05, 0.1) is 22.0 Å². The second-order valence-electron chi connectivity index (χ2n) is 6.12. The summed E-state index contributed by atoms with van der Waals surface area (Å²) in [4.78, 5) is 22.1. The summed E-state index contributed by atoms with van der Waals surface area (Å²) in [6.45, 7) is 1.40. The standard InChI is InChI=1S/C21H14ClFN4O2/c1-13(28)27(18-5-3-2-4-16(18)22)21-19(17-10-11-24-12-25-17)20(26-29-21)14-6-8-15(23)9-7-14/h2-12H,1H3. The van der Waals surface area contributed by atoms with Gasteiger partial charge in [0.25, 0.3) is 0 Å². The molecule has 0 N–H and O–H groups in total. The Bertz CT molecular complexity index is 1160. The molecule has 1 amide bonds. The third kappa shape index (κ3) is 3.60. The number of hydrogen-bond donors (Lipinski definition) is 0. The zero-order chi connectivity index (χ0) is 20.4. The van der Waals surface area contributed by atoms with Gasteiger partial charge in [-0.05, 0) is 42.5 Å². The smallest absolute Gasteiger partial charge is 0.248 e. The molecule has 29 heavy (non-hydrogen) atoms. The van der Waals surface area contributed by atoms with E-state index in [2.05, 4.69) is 15.1 Å². The van der Waals surface area contributed by atoms with E-state index in [4.69, 9.17) is 16.1 Å². The Hall–Kier alpha value is -3.58. The lowest BCUT2D eigenvalue weighted by Gasteiger charge is -2.20. The highest BCUT2D eigenvalue weighted by Crippen LogP contribution is 2.42. The molecular formula is C21H14ClFN4O2. The quantitative estimate of drug-likeness (QED) is 0.459. The van der Waals surface area contributed by atoms with Gasteiger partial charge in [0, 0.05) is 18.7 Å². The number of aromatic nitrogens is 3. The maximum absolute atomic E-state index is 13.4. The summed E-state index contributed by atoms with van der Waals surface area (Å²) in [7, 11) is 0. The van der Waals surface area contributed by atoms with Crippen LogP contribution in [0.15, 0.2) is 71.6 Å². The van der Waals surface area contributed by atoms with Crippen LogP contribution in [0.25, 0.3) is 22.5 Å². The molecule has 0 saturated heterocycles. The van der Waals surface area contributed by atoms with Crippen molar-refractivity contribution in [1.82, 2.24) is 15.1 Å². The molecule has 0 aliphatic carbocycles. The first-order chi connectivity index (χ1) is 14.1. The fourth-order valence-corrected chi connectivity index (χ4v) is 3.18. The molecule has 144 valence electrons. The van der Waals surface area contributed by atoms with E-state index in [-0.39, 0.29) is 17.6 Å². The van der Waals surface area contributed by atoms with E-state index in [9.17, 15) is 9.18 Å². The molecular weight excluding hydrogens is 395 g/mol. The fourth-order valence-electron chi connectivity index (χ4n) is 2.96. The average molecular weight is 409 g/mol. The molecule has 2 aromatic heterocycles. The SMILES string of the molecule is CC(=O)N(c1ccccc1Cl)c1onc(-c2ccc(F)cc2)c1-c1ccncn1. The zero-order valence-electron chi connectivity index (χ0n) is 15.2. The molecule has 2 aromatic carbocycles. The molecule has 0 radical (unpaired) electrons. The molecule has 0 aliphatic rings. The molecule has 0 fully saturated rings. The van der Waals surface area contributed by atoms with E-state index < -0.39 is 0 Å². The lowest BCUT2D eigenvalue weighted by molar-refractivity contribution is -0.116. The molecule has 0 bridgehead atoms. The summed E-state index contributed by atoms with van der Waals surface area (Å²) < 4.78 is 19.0. The van der Waals surface area contributed by atoms with Crippen LogP contribution in [0.3, 0.4) is 0 Å². The van der Waals surface area contributed by atoms with E-state index in [1.54, 1.807) is 48.7 Å². The van der Waals surface area contributed by atoms with Gasteiger partial charge in [0.1, 0.15) is 17.8 Å². The Morgan fingerprint density at radius 2 is 1.86 bits per heavy atom. The number of carbonyl (C=O) groups excluding carboxylic acids is 1. The second kappa shape index (κ2) is 7.81. The van der Waals surface area contributed by atoms with Crippen molar-refractivity contribution in [1.29, 1.82) is 0 Å². The topological polar surface area (TPSA) is 72.1 Å². The number of hydrogen-bond acceptors (Lipinski definition) is 5. The molecule has 0 spiro atoms. The van der Waals surface area contributed by atoms with Gasteiger partial charge in [-0.3, -0.25) is 4.79 Å². The summed E-state index contributed by atoms with van der Waals surface area (Å²) >= 11 is 6.33. The van der Waals surface area contributed by atoms with Gasteiger partial charge in [-0.1, -0.05) is 28.9 Å². The van der Waals surface area contributed by atoms with Gasteiger partial charge in [0.15, 0.2) is 0 Å². The van der Waals surface area contributed by atoms with Crippen molar-refractivity contribution in [2.75, 3.05) is 4.90 Å². The molecule has 0 unspecified atom stereocenters. The van der Waals surface area contributed by atoms with Crippen molar-refractivity contribution in [3.63, 3.8) is 0 Å². The summed E-state index contributed by atoms with van der Waals surface area (Å²) in [5.74, 6) is -0.540. The monoisotopic (exact) mass is 408 g/mol. The minimum Gasteiger partial charge on any atom is -0.336 e. The van der Waals surface area contributed by atoms with Crippen LogP contribution in [0, 0.1) is 5.82 Å². The maximum Gasteiger partial charge on any atom is 0.248 e. The van der Waals surface area contributed by atoms with Gasteiger partial charge < -0.3 is 4.52 Å². The van der Waals surface area contributed by atoms with Gasteiger partial charge in [-0.2, -0.15) is 0 Å². The first kappa shape index (κ1) is 18.8. The van der Waals surface area contributed by atoms with Crippen LogP contribution < -0.4 is 4.90 Å². The normalized spacial score (nSPS) is 10.7. The van der Waals surface area contributed by atoms with Crippen molar-refractivity contribution < 1.29 is 13.7 Å². The fraction of sp³-hybridized carbons (Fsp3) is 0.0476. The second-order valence-corrected chi connectivity index (χ2v) is 6.53. The molecule has 0 aliphatic heterocycles. The number of anilines is 2. The molecule has 2 heterocycles. The molecule has 4 aromatic rings. The van der Waals surface area contributed by atoms with E-state index in [0.717, 1.165) is 0 Å². The highest BCUT2D eigenvalue weighted by Gasteiger charge is 2.29. The van der Waals surface area contributed by atoms with E-state index >= 15 is 0 Å². The summed E-state index contributed by atoms with van der Waals surface area (Å²) in [6.07, 6.45) is 2.95. The molecule has 0 atom stereocenters. The minimum absolute atomic E-state index is 0.156. The van der Waals surface area contributed by atoms with Gasteiger partial charge in [-0.25, -0.2) is 19.3 Å². The summed E-state index contributed by atoms with van der Waals surface area (Å²) in [6, 6.07) is 14.4.